The molecule has 0 aliphatic rings. The van der Waals surface area contributed by atoms with Gasteiger partial charge in [0.2, 0.25) is 0 Å². The summed E-state index contributed by atoms with van der Waals surface area (Å²) in [6, 6.07) is 5.98. The lowest BCUT2D eigenvalue weighted by atomic mass is 10.2. The molecule has 0 spiro atoms. The number of ether oxygens (including phenoxy) is 1. The normalized spacial score (nSPS) is 11.9. The van der Waals surface area contributed by atoms with E-state index in [1.807, 2.05) is 13.0 Å². The quantitative estimate of drug-likeness (QED) is 0.741. The lowest BCUT2D eigenvalue weighted by Gasteiger charge is -2.10. The zero-order valence-electron chi connectivity index (χ0n) is 8.34. The smallest absolute Gasteiger partial charge is 0.166 e. The Hall–Kier alpha value is -1.27. The van der Waals surface area contributed by atoms with Crippen LogP contribution in [0.25, 0.3) is 0 Å². The van der Waals surface area contributed by atoms with E-state index in [0.717, 1.165) is 6.07 Å². The molecule has 0 aliphatic carbocycles. The molecule has 1 aromatic carbocycles. The number of alkyl halides is 1. The first-order valence-electron chi connectivity index (χ1n) is 4.55. The van der Waals surface area contributed by atoms with Crippen LogP contribution in [0.15, 0.2) is 18.2 Å². The molecule has 15 heavy (non-hydrogen) atoms. The second kappa shape index (κ2) is 5.57. The molecule has 0 radical (unpaired) electrons. The molecule has 80 valence electrons. The van der Waals surface area contributed by atoms with Gasteiger partial charge in [-0.15, -0.1) is 11.6 Å². The highest BCUT2D eigenvalue weighted by Gasteiger charge is 2.06. The lowest BCUT2D eigenvalue weighted by Crippen LogP contribution is -2.10. The van der Waals surface area contributed by atoms with E-state index in [1.54, 1.807) is 0 Å². The summed E-state index contributed by atoms with van der Waals surface area (Å²) in [6.45, 7) is 2.28. The highest BCUT2D eigenvalue weighted by Crippen LogP contribution is 2.18. The largest absolute Gasteiger partial charge is 0.490 e. The molecule has 1 unspecified atom stereocenters. The highest BCUT2D eigenvalue weighted by atomic mass is 35.5. The van der Waals surface area contributed by atoms with E-state index in [4.69, 9.17) is 21.6 Å². The summed E-state index contributed by atoms with van der Waals surface area (Å²) in [5, 5.41) is 8.53. The monoisotopic (exact) mass is 227 g/mol. The zero-order chi connectivity index (χ0) is 11.3. The fraction of sp³-hybridized carbons (Fsp3) is 0.364. The van der Waals surface area contributed by atoms with Gasteiger partial charge in [-0.3, -0.25) is 0 Å². The van der Waals surface area contributed by atoms with E-state index in [9.17, 15) is 4.39 Å². The van der Waals surface area contributed by atoms with E-state index in [-0.39, 0.29) is 17.2 Å². The molecule has 0 heterocycles. The minimum absolute atomic E-state index is 0.158. The molecule has 0 aromatic heterocycles. The Bertz CT molecular complexity index is 375. The van der Waals surface area contributed by atoms with Crippen molar-refractivity contribution in [2.24, 2.45) is 5.92 Å². The maximum atomic E-state index is 13.3. The van der Waals surface area contributed by atoms with Gasteiger partial charge in [0.1, 0.15) is 0 Å². The van der Waals surface area contributed by atoms with Gasteiger partial charge in [-0.1, -0.05) is 6.92 Å². The number of halogens is 2. The molecule has 4 heteroatoms. The summed E-state index contributed by atoms with van der Waals surface area (Å²) in [5.74, 6) is 0.279. The highest BCUT2D eigenvalue weighted by molar-refractivity contribution is 6.18. The van der Waals surface area contributed by atoms with Gasteiger partial charge in [-0.05, 0) is 18.2 Å². The van der Waals surface area contributed by atoms with Gasteiger partial charge in [-0.2, -0.15) is 5.26 Å². The van der Waals surface area contributed by atoms with Gasteiger partial charge in [-0.25, -0.2) is 4.39 Å². The summed E-state index contributed by atoms with van der Waals surface area (Å²) in [5.41, 5.74) is 0.283. The molecule has 2 nitrogen and oxygen atoms in total. The Morgan fingerprint density at radius 1 is 1.60 bits per heavy atom. The third kappa shape index (κ3) is 3.41. The van der Waals surface area contributed by atoms with Gasteiger partial charge < -0.3 is 4.74 Å². The predicted molar refractivity (Wildman–Crippen MR) is 56.5 cm³/mol. The first-order chi connectivity index (χ1) is 7.17. The maximum absolute atomic E-state index is 13.3. The summed E-state index contributed by atoms with van der Waals surface area (Å²) in [4.78, 5) is 0. The van der Waals surface area contributed by atoms with Crippen molar-refractivity contribution in [3.63, 3.8) is 0 Å². The topological polar surface area (TPSA) is 33.0 Å². The van der Waals surface area contributed by atoms with Crippen LogP contribution in [0, 0.1) is 23.1 Å². The predicted octanol–water partition coefficient (Wildman–Crippen LogP) is 2.95. The first-order valence-corrected chi connectivity index (χ1v) is 5.09. The molecule has 1 rings (SSSR count). The van der Waals surface area contributed by atoms with Crippen LogP contribution >= 0.6 is 11.6 Å². The average Bonchev–Trinajstić information content (AvgIpc) is 2.26. The van der Waals surface area contributed by atoms with Crippen molar-refractivity contribution in [3.8, 4) is 11.8 Å². The molecular formula is C11H11ClFNO. The summed E-state index contributed by atoms with van der Waals surface area (Å²) >= 11 is 5.59. The molecule has 0 amide bonds. The van der Waals surface area contributed by atoms with E-state index in [1.165, 1.54) is 12.1 Å². The van der Waals surface area contributed by atoms with Gasteiger partial charge in [0.05, 0.1) is 18.2 Å². The third-order valence-corrected chi connectivity index (χ3v) is 2.37. The molecule has 0 saturated carbocycles. The molecule has 1 aromatic rings. The van der Waals surface area contributed by atoms with Gasteiger partial charge in [0, 0.05) is 11.8 Å². The summed E-state index contributed by atoms with van der Waals surface area (Å²) in [6.07, 6.45) is 0. The second-order valence-electron chi connectivity index (χ2n) is 3.33. The van der Waals surface area contributed by atoms with Crippen molar-refractivity contribution in [1.29, 1.82) is 5.26 Å². The summed E-state index contributed by atoms with van der Waals surface area (Å²) < 4.78 is 18.5. The van der Waals surface area contributed by atoms with Crippen LogP contribution in [0.1, 0.15) is 12.5 Å². The fourth-order valence-corrected chi connectivity index (χ4v) is 1.05. The van der Waals surface area contributed by atoms with Crippen molar-refractivity contribution >= 4 is 11.6 Å². The Morgan fingerprint density at radius 3 is 2.87 bits per heavy atom. The van der Waals surface area contributed by atoms with E-state index >= 15 is 0 Å². The van der Waals surface area contributed by atoms with Crippen molar-refractivity contribution in [3.05, 3.63) is 29.6 Å². The number of hydrogen-bond donors (Lipinski definition) is 0. The molecule has 0 N–H and O–H groups in total. The van der Waals surface area contributed by atoms with Crippen LogP contribution in [-0.4, -0.2) is 12.5 Å². The fourth-order valence-electron chi connectivity index (χ4n) is 0.964. The number of hydrogen-bond acceptors (Lipinski definition) is 2. The van der Waals surface area contributed by atoms with Crippen molar-refractivity contribution < 1.29 is 9.13 Å². The Labute approximate surface area is 93.2 Å². The molecule has 0 bridgehead atoms. The zero-order valence-corrected chi connectivity index (χ0v) is 9.09. The molecule has 0 aliphatic heterocycles. The molecule has 1 atom stereocenters. The summed E-state index contributed by atoms with van der Waals surface area (Å²) in [7, 11) is 0. The number of benzene rings is 1. The number of nitrogens with zero attached hydrogens (tertiary/aromatic N) is 1. The lowest BCUT2D eigenvalue weighted by molar-refractivity contribution is 0.261. The van der Waals surface area contributed by atoms with Crippen LogP contribution in [0.2, 0.25) is 0 Å². The Balaban J connectivity index is 2.67. The Morgan fingerprint density at radius 2 is 2.33 bits per heavy atom. The van der Waals surface area contributed by atoms with Crippen molar-refractivity contribution in [2.45, 2.75) is 6.92 Å². The first kappa shape index (κ1) is 11.8. The van der Waals surface area contributed by atoms with Crippen molar-refractivity contribution in [1.82, 2.24) is 0 Å². The van der Waals surface area contributed by atoms with Gasteiger partial charge in [0.25, 0.3) is 0 Å². The van der Waals surface area contributed by atoms with Crippen molar-refractivity contribution in [2.75, 3.05) is 12.5 Å². The van der Waals surface area contributed by atoms with Crippen LogP contribution in [0.4, 0.5) is 4.39 Å². The average molecular weight is 228 g/mol. The number of nitriles is 1. The SMILES string of the molecule is CC(CCl)COc1ccc(C#N)cc1F. The number of rotatable bonds is 4. The minimum Gasteiger partial charge on any atom is -0.490 e. The minimum atomic E-state index is -0.518. The Kier molecular flexibility index (Phi) is 4.38. The molecule has 0 saturated heterocycles. The van der Waals surface area contributed by atoms with E-state index in [2.05, 4.69) is 0 Å². The van der Waals surface area contributed by atoms with Gasteiger partial charge >= 0.3 is 0 Å². The maximum Gasteiger partial charge on any atom is 0.166 e. The van der Waals surface area contributed by atoms with E-state index < -0.39 is 5.82 Å². The van der Waals surface area contributed by atoms with Crippen LogP contribution in [-0.2, 0) is 0 Å². The van der Waals surface area contributed by atoms with E-state index in [0.29, 0.717) is 12.5 Å². The van der Waals surface area contributed by atoms with Crippen LogP contribution in [0.3, 0.4) is 0 Å². The second-order valence-corrected chi connectivity index (χ2v) is 3.64. The molecular weight excluding hydrogens is 217 g/mol. The van der Waals surface area contributed by atoms with Crippen LogP contribution < -0.4 is 4.74 Å². The van der Waals surface area contributed by atoms with Crippen LogP contribution in [0.5, 0.6) is 5.75 Å². The van der Waals surface area contributed by atoms with Gasteiger partial charge in [0.15, 0.2) is 11.6 Å². The third-order valence-electron chi connectivity index (χ3n) is 1.85. The molecule has 0 fully saturated rings. The standard InChI is InChI=1S/C11H11ClFNO/c1-8(5-12)7-15-11-3-2-9(6-14)4-10(11)13/h2-4,8H,5,7H2,1H3.